The summed E-state index contributed by atoms with van der Waals surface area (Å²) in [5.74, 6) is 0.316. The third kappa shape index (κ3) is 5.41. The Labute approximate surface area is 157 Å². The maximum Gasteiger partial charge on any atom is 0.252 e. The molecule has 0 spiro atoms. The van der Waals surface area contributed by atoms with Crippen molar-refractivity contribution in [3.63, 3.8) is 0 Å². The van der Waals surface area contributed by atoms with Gasteiger partial charge in [0.05, 0.1) is 12.7 Å². The Bertz CT molecular complexity index is 758. The zero-order valence-corrected chi connectivity index (χ0v) is 15.3. The number of hydrogen-bond acceptors (Lipinski definition) is 3. The molecule has 4 nitrogen and oxygen atoms in total. The maximum absolute atomic E-state index is 12.3. The van der Waals surface area contributed by atoms with Crippen LogP contribution in [0.2, 0.25) is 5.02 Å². The number of aromatic hydroxyl groups is 1. The fraction of sp³-hybridized carbons (Fsp3) is 0.211. The summed E-state index contributed by atoms with van der Waals surface area (Å²) in [5.41, 5.74) is 3.39. The summed E-state index contributed by atoms with van der Waals surface area (Å²) in [7, 11) is 1.51. The molecule has 0 aliphatic heterocycles. The van der Waals surface area contributed by atoms with Gasteiger partial charge in [-0.25, -0.2) is 0 Å². The molecule has 0 radical (unpaired) electrons. The summed E-state index contributed by atoms with van der Waals surface area (Å²) in [6, 6.07) is 12.1. The molecule has 1 amide bonds. The fourth-order valence-corrected chi connectivity index (χ4v) is 2.69. The minimum absolute atomic E-state index is 0.111. The van der Waals surface area contributed by atoms with Crippen LogP contribution in [0.3, 0.4) is 0 Å². The van der Waals surface area contributed by atoms with E-state index in [1.807, 2.05) is 6.07 Å². The molecule has 0 saturated carbocycles. The van der Waals surface area contributed by atoms with Crippen LogP contribution >= 0.6 is 23.2 Å². The first kappa shape index (κ1) is 19.2. The average Bonchev–Trinajstić information content (AvgIpc) is 2.62. The zero-order chi connectivity index (χ0) is 18.2. The number of carbonyl (C=O) groups is 1. The molecule has 0 aliphatic rings. The second-order valence-corrected chi connectivity index (χ2v) is 6.05. The van der Waals surface area contributed by atoms with E-state index < -0.39 is 0 Å². The molecule has 2 rings (SSSR count). The number of aryl methyl sites for hydroxylation is 1. The van der Waals surface area contributed by atoms with Gasteiger partial charge in [-0.1, -0.05) is 41.4 Å². The maximum atomic E-state index is 12.3. The molecule has 0 saturated heterocycles. The fourth-order valence-electron chi connectivity index (χ4n) is 2.34. The van der Waals surface area contributed by atoms with E-state index in [9.17, 15) is 9.90 Å². The molecule has 0 heterocycles. The molecule has 2 aromatic rings. The lowest BCUT2D eigenvalue weighted by atomic mass is 10.1. The molecule has 6 heteroatoms. The molecule has 0 aliphatic carbocycles. The van der Waals surface area contributed by atoms with E-state index in [0.717, 1.165) is 18.4 Å². The van der Waals surface area contributed by atoms with Gasteiger partial charge in [-0.15, -0.1) is 0 Å². The molecule has 25 heavy (non-hydrogen) atoms. The van der Waals surface area contributed by atoms with Crippen molar-refractivity contribution >= 4 is 34.7 Å². The lowest BCUT2D eigenvalue weighted by molar-refractivity contribution is -0.115. The quantitative estimate of drug-likeness (QED) is 0.554. The first-order chi connectivity index (χ1) is 12.0. The molecule has 0 unspecified atom stereocenters. The van der Waals surface area contributed by atoms with Crippen LogP contribution in [0.15, 0.2) is 48.0 Å². The molecule has 0 fully saturated rings. The van der Waals surface area contributed by atoms with Crippen molar-refractivity contribution < 1.29 is 14.6 Å². The first-order valence-electron chi connectivity index (χ1n) is 7.75. The van der Waals surface area contributed by atoms with Gasteiger partial charge in [-0.05, 0) is 48.2 Å². The highest BCUT2D eigenvalue weighted by Gasteiger charge is 2.11. The van der Waals surface area contributed by atoms with E-state index in [-0.39, 0.29) is 11.7 Å². The zero-order valence-electron chi connectivity index (χ0n) is 13.8. The Hall–Kier alpha value is -2.17. The van der Waals surface area contributed by atoms with Gasteiger partial charge in [-0.2, -0.15) is 0 Å². The largest absolute Gasteiger partial charge is 0.504 e. The van der Waals surface area contributed by atoms with E-state index in [2.05, 4.69) is 5.32 Å². The van der Waals surface area contributed by atoms with Gasteiger partial charge in [0.1, 0.15) is 0 Å². The lowest BCUT2D eigenvalue weighted by Gasteiger charge is -2.09. The summed E-state index contributed by atoms with van der Waals surface area (Å²) in [5, 5.41) is 13.0. The number of amides is 1. The van der Waals surface area contributed by atoms with Crippen LogP contribution in [0.25, 0.3) is 5.57 Å². The van der Waals surface area contributed by atoms with Gasteiger partial charge in [0.15, 0.2) is 11.5 Å². The number of hydrogen-bond donors (Lipinski definition) is 2. The summed E-state index contributed by atoms with van der Waals surface area (Å²) in [4.78, 5) is 12.3. The van der Waals surface area contributed by atoms with Crippen molar-refractivity contribution in [1.82, 2.24) is 5.32 Å². The van der Waals surface area contributed by atoms with E-state index >= 15 is 0 Å². The van der Waals surface area contributed by atoms with Gasteiger partial charge < -0.3 is 15.2 Å². The highest BCUT2D eigenvalue weighted by molar-refractivity contribution is 6.35. The number of methoxy groups -OCH3 is 1. The Kier molecular flexibility index (Phi) is 7.16. The molecule has 2 N–H and O–H groups in total. The predicted molar refractivity (Wildman–Crippen MR) is 101 cm³/mol. The minimum Gasteiger partial charge on any atom is -0.504 e. The highest BCUT2D eigenvalue weighted by atomic mass is 35.5. The second kappa shape index (κ2) is 9.35. The topological polar surface area (TPSA) is 58.6 Å². The average molecular weight is 380 g/mol. The highest BCUT2D eigenvalue weighted by Crippen LogP contribution is 2.26. The SMILES string of the molecule is COc1cc(CCCNC(=O)C(=CCl)c2ccc(Cl)cc2)ccc1O. The smallest absolute Gasteiger partial charge is 0.252 e. The van der Waals surface area contributed by atoms with E-state index in [4.69, 9.17) is 27.9 Å². The first-order valence-corrected chi connectivity index (χ1v) is 8.57. The van der Waals surface area contributed by atoms with Crippen LogP contribution in [0.5, 0.6) is 11.5 Å². The normalized spacial score (nSPS) is 11.2. The van der Waals surface area contributed by atoms with Gasteiger partial charge >= 0.3 is 0 Å². The summed E-state index contributed by atoms with van der Waals surface area (Å²) in [6.07, 6.45) is 1.49. The van der Waals surface area contributed by atoms with Crippen molar-refractivity contribution in [1.29, 1.82) is 0 Å². The number of phenols is 1. The molecular formula is C19H19Cl2NO3. The van der Waals surface area contributed by atoms with E-state index in [0.29, 0.717) is 28.5 Å². The molecule has 132 valence electrons. The van der Waals surface area contributed by atoms with Gasteiger partial charge in [0.25, 0.3) is 5.91 Å². The number of halogens is 2. The third-order valence-corrected chi connectivity index (χ3v) is 4.15. The minimum atomic E-state index is -0.236. The lowest BCUT2D eigenvalue weighted by Crippen LogP contribution is -2.25. The molecule has 0 atom stereocenters. The number of phenolic OH excluding ortho intramolecular Hbond substituents is 1. The van der Waals surface area contributed by atoms with Crippen LogP contribution in [-0.2, 0) is 11.2 Å². The molecule has 2 aromatic carbocycles. The summed E-state index contributed by atoms with van der Waals surface area (Å²) >= 11 is 11.7. The third-order valence-electron chi connectivity index (χ3n) is 3.68. The van der Waals surface area contributed by atoms with Crippen molar-refractivity contribution in [2.45, 2.75) is 12.8 Å². The van der Waals surface area contributed by atoms with E-state index in [1.165, 1.54) is 12.6 Å². The van der Waals surface area contributed by atoms with Crippen LogP contribution < -0.4 is 10.1 Å². The second-order valence-electron chi connectivity index (χ2n) is 5.40. The summed E-state index contributed by atoms with van der Waals surface area (Å²) < 4.78 is 5.08. The van der Waals surface area contributed by atoms with Crippen LogP contribution in [-0.4, -0.2) is 24.7 Å². The summed E-state index contributed by atoms with van der Waals surface area (Å²) in [6.45, 7) is 0.504. The van der Waals surface area contributed by atoms with Crippen LogP contribution in [0.4, 0.5) is 0 Å². The Balaban J connectivity index is 1.86. The van der Waals surface area contributed by atoms with Crippen molar-refractivity contribution in [3.8, 4) is 11.5 Å². The van der Waals surface area contributed by atoms with Crippen LogP contribution in [0, 0.1) is 0 Å². The van der Waals surface area contributed by atoms with Gasteiger partial charge in [0, 0.05) is 17.1 Å². The molecule has 0 aromatic heterocycles. The van der Waals surface area contributed by atoms with E-state index in [1.54, 1.807) is 36.4 Å². The Morgan fingerprint density at radius 2 is 1.96 bits per heavy atom. The van der Waals surface area contributed by atoms with Crippen molar-refractivity contribution in [3.05, 3.63) is 64.1 Å². The van der Waals surface area contributed by atoms with Gasteiger partial charge in [-0.3, -0.25) is 4.79 Å². The Morgan fingerprint density at radius 1 is 1.24 bits per heavy atom. The van der Waals surface area contributed by atoms with Crippen molar-refractivity contribution in [2.75, 3.05) is 13.7 Å². The number of benzene rings is 2. The number of nitrogens with one attached hydrogen (secondary N) is 1. The van der Waals surface area contributed by atoms with Crippen molar-refractivity contribution in [2.24, 2.45) is 0 Å². The number of carbonyl (C=O) groups excluding carboxylic acids is 1. The van der Waals surface area contributed by atoms with Gasteiger partial charge in [0.2, 0.25) is 0 Å². The van der Waals surface area contributed by atoms with Crippen LogP contribution in [0.1, 0.15) is 17.5 Å². The molecular weight excluding hydrogens is 361 g/mol. The number of rotatable bonds is 7. The Morgan fingerprint density at radius 3 is 2.60 bits per heavy atom. The molecule has 0 bridgehead atoms. The standard InChI is InChI=1S/C19H19Cl2NO3/c1-25-18-11-13(4-9-17(18)23)3-2-10-22-19(24)16(12-20)14-5-7-15(21)8-6-14/h4-9,11-12,23H,2-3,10H2,1H3,(H,22,24). The predicted octanol–water partition coefficient (Wildman–Crippen LogP) is 4.38. The number of ether oxygens (including phenoxy) is 1. The monoisotopic (exact) mass is 379 g/mol.